The van der Waals surface area contributed by atoms with Gasteiger partial charge in [0.2, 0.25) is 5.78 Å². The molecule has 0 amide bonds. The van der Waals surface area contributed by atoms with E-state index in [1.807, 2.05) is 24.3 Å². The third-order valence-electron chi connectivity index (χ3n) is 3.87. The number of carbonyl (C=O) groups is 1. The molecule has 2 aromatic heterocycles. The number of aromatic nitrogens is 5. The van der Waals surface area contributed by atoms with Crippen molar-refractivity contribution in [2.24, 2.45) is 0 Å². The monoisotopic (exact) mass is 263 g/mol. The number of hydrogen-bond donors (Lipinski definition) is 0. The lowest BCUT2D eigenvalue weighted by molar-refractivity contribution is 0.103. The quantitative estimate of drug-likeness (QED) is 0.521. The van der Waals surface area contributed by atoms with E-state index in [-0.39, 0.29) is 5.78 Å². The second-order valence-electron chi connectivity index (χ2n) is 5.23. The Morgan fingerprint density at radius 3 is 2.65 bits per heavy atom. The summed E-state index contributed by atoms with van der Waals surface area (Å²) in [6, 6.07) is 7.47. The minimum atomic E-state index is -0.0819. The Labute approximate surface area is 113 Å². The summed E-state index contributed by atoms with van der Waals surface area (Å²) < 4.78 is 1.69. The molecule has 20 heavy (non-hydrogen) atoms. The number of carbonyl (C=O) groups excluding carboxylic acids is 1. The largest absolute Gasteiger partial charge is 0.287 e. The molecule has 0 atom stereocenters. The van der Waals surface area contributed by atoms with Crippen LogP contribution < -0.4 is 0 Å². The molecule has 0 unspecified atom stereocenters. The van der Waals surface area contributed by atoms with Crippen LogP contribution in [0.4, 0.5) is 0 Å². The summed E-state index contributed by atoms with van der Waals surface area (Å²) in [5, 5.41) is 12.8. The van der Waals surface area contributed by atoms with Gasteiger partial charge in [0.25, 0.3) is 5.78 Å². The van der Waals surface area contributed by atoms with Crippen molar-refractivity contribution in [1.29, 1.82) is 0 Å². The van der Waals surface area contributed by atoms with E-state index in [0.717, 1.165) is 24.2 Å². The van der Waals surface area contributed by atoms with Crippen LogP contribution in [0.3, 0.4) is 0 Å². The van der Waals surface area contributed by atoms with Crippen molar-refractivity contribution in [3.05, 3.63) is 41.3 Å². The van der Waals surface area contributed by atoms with Gasteiger partial charge in [-0.3, -0.25) is 4.79 Å². The molecule has 0 N–H and O–H groups in total. The molecule has 5 rings (SSSR count). The molecule has 0 aliphatic heterocycles. The Balaban J connectivity index is 1.85. The molecule has 96 valence electrons. The Morgan fingerprint density at radius 1 is 1.05 bits per heavy atom. The van der Waals surface area contributed by atoms with Crippen LogP contribution in [-0.4, -0.2) is 30.6 Å². The van der Waals surface area contributed by atoms with Gasteiger partial charge in [0, 0.05) is 17.0 Å². The van der Waals surface area contributed by atoms with Gasteiger partial charge in [-0.05, 0) is 12.8 Å². The van der Waals surface area contributed by atoms with E-state index in [1.54, 1.807) is 4.52 Å². The Hall–Kier alpha value is -2.63. The fourth-order valence-electron chi connectivity index (χ4n) is 2.70. The first-order valence-electron chi connectivity index (χ1n) is 6.60. The summed E-state index contributed by atoms with van der Waals surface area (Å²) in [7, 11) is 0. The molecule has 1 aromatic carbocycles. The van der Waals surface area contributed by atoms with E-state index in [1.165, 1.54) is 0 Å². The predicted octanol–water partition coefficient (Wildman–Crippen LogP) is 1.61. The third kappa shape index (κ3) is 1.16. The highest BCUT2D eigenvalue weighted by molar-refractivity contribution is 6.19. The first-order valence-corrected chi connectivity index (χ1v) is 6.60. The zero-order valence-corrected chi connectivity index (χ0v) is 10.4. The van der Waals surface area contributed by atoms with Crippen LogP contribution in [0.25, 0.3) is 17.0 Å². The van der Waals surface area contributed by atoms with E-state index < -0.39 is 0 Å². The summed E-state index contributed by atoms with van der Waals surface area (Å²) >= 11 is 0. The Bertz CT molecular complexity index is 894. The van der Waals surface area contributed by atoms with Crippen LogP contribution in [0.2, 0.25) is 0 Å². The number of benzene rings is 1. The maximum atomic E-state index is 12.3. The summed E-state index contributed by atoms with van der Waals surface area (Å²) in [5.41, 5.74) is 2.53. The summed E-state index contributed by atoms with van der Waals surface area (Å²) in [4.78, 5) is 16.7. The molecular weight excluding hydrogens is 254 g/mol. The average molecular weight is 263 g/mol. The molecule has 2 aliphatic rings. The molecule has 0 radical (unpaired) electrons. The van der Waals surface area contributed by atoms with E-state index in [0.29, 0.717) is 28.6 Å². The molecule has 2 heterocycles. The fourth-order valence-corrected chi connectivity index (χ4v) is 2.70. The van der Waals surface area contributed by atoms with Crippen LogP contribution in [0.5, 0.6) is 0 Å². The minimum absolute atomic E-state index is 0.0819. The van der Waals surface area contributed by atoms with E-state index in [9.17, 15) is 4.79 Å². The fraction of sp³-hybridized carbons (Fsp3) is 0.214. The Kier molecular flexibility index (Phi) is 1.67. The molecule has 6 heteroatoms. The van der Waals surface area contributed by atoms with E-state index in [4.69, 9.17) is 0 Å². The highest BCUT2D eigenvalue weighted by atomic mass is 16.1. The number of rotatable bonds is 1. The second kappa shape index (κ2) is 3.27. The maximum absolute atomic E-state index is 12.3. The number of fused-ring (bicyclic) bond motifs is 4. The van der Waals surface area contributed by atoms with Crippen LogP contribution in [0.15, 0.2) is 24.3 Å². The molecule has 0 saturated heterocycles. The third-order valence-corrected chi connectivity index (χ3v) is 3.87. The van der Waals surface area contributed by atoms with Crippen LogP contribution in [0, 0.1) is 0 Å². The van der Waals surface area contributed by atoms with Crippen molar-refractivity contribution in [1.82, 2.24) is 24.8 Å². The lowest BCUT2D eigenvalue weighted by atomic mass is 10.1. The van der Waals surface area contributed by atoms with Gasteiger partial charge >= 0.3 is 0 Å². The minimum Gasteiger partial charge on any atom is -0.287 e. The maximum Gasteiger partial charge on any atom is 0.272 e. The zero-order valence-electron chi connectivity index (χ0n) is 10.4. The smallest absolute Gasteiger partial charge is 0.272 e. The van der Waals surface area contributed by atoms with Crippen LogP contribution in [0.1, 0.15) is 40.6 Å². The number of ketones is 1. The van der Waals surface area contributed by atoms with Crippen LogP contribution in [-0.2, 0) is 0 Å². The molecule has 1 fully saturated rings. The Morgan fingerprint density at radius 2 is 1.85 bits per heavy atom. The summed E-state index contributed by atoms with van der Waals surface area (Å²) in [6.07, 6.45) is 2.24. The zero-order chi connectivity index (χ0) is 13.3. The molecule has 0 bridgehead atoms. The van der Waals surface area contributed by atoms with Gasteiger partial charge in [-0.1, -0.05) is 24.3 Å². The molecule has 6 nitrogen and oxygen atoms in total. The first-order chi connectivity index (χ1) is 9.83. The van der Waals surface area contributed by atoms with Gasteiger partial charge in [-0.15, -0.1) is 10.2 Å². The molecule has 3 aromatic rings. The van der Waals surface area contributed by atoms with Gasteiger partial charge in [-0.2, -0.15) is 9.61 Å². The van der Waals surface area contributed by atoms with Crippen molar-refractivity contribution in [2.45, 2.75) is 18.8 Å². The SMILES string of the molecule is O=C1c2ccccc2-c2nn3c(C4CC4)nnc3nc21. The lowest BCUT2D eigenvalue weighted by Crippen LogP contribution is -2.05. The first kappa shape index (κ1) is 10.2. The molecule has 2 aliphatic carbocycles. The van der Waals surface area contributed by atoms with Gasteiger partial charge in [-0.25, -0.2) is 4.98 Å². The van der Waals surface area contributed by atoms with Gasteiger partial charge < -0.3 is 0 Å². The van der Waals surface area contributed by atoms with Crippen LogP contribution >= 0.6 is 0 Å². The van der Waals surface area contributed by atoms with Gasteiger partial charge in [0.05, 0.1) is 0 Å². The van der Waals surface area contributed by atoms with Crippen molar-refractivity contribution >= 4 is 11.6 Å². The molecular formula is C14H9N5O. The highest BCUT2D eigenvalue weighted by Crippen LogP contribution is 2.39. The number of nitrogens with zero attached hydrogens (tertiary/aromatic N) is 5. The second-order valence-corrected chi connectivity index (χ2v) is 5.23. The highest BCUT2D eigenvalue weighted by Gasteiger charge is 2.33. The van der Waals surface area contributed by atoms with Gasteiger partial charge in [0.1, 0.15) is 11.4 Å². The standard InChI is InChI=1S/C14H9N5O/c20-12-9-4-2-1-3-8(9)10-11(12)15-14-17-16-13(7-5-6-7)19(14)18-10/h1-4,7H,5-6H2. The predicted molar refractivity (Wildman–Crippen MR) is 69.4 cm³/mol. The van der Waals surface area contributed by atoms with Crippen molar-refractivity contribution in [2.75, 3.05) is 0 Å². The summed E-state index contributed by atoms with van der Waals surface area (Å²) in [6.45, 7) is 0. The van der Waals surface area contributed by atoms with Crippen molar-refractivity contribution in [3.8, 4) is 11.3 Å². The topological polar surface area (TPSA) is 73.0 Å². The lowest BCUT2D eigenvalue weighted by Gasteiger charge is -2.00. The van der Waals surface area contributed by atoms with Crippen molar-refractivity contribution < 1.29 is 4.79 Å². The summed E-state index contributed by atoms with van der Waals surface area (Å²) in [5.74, 6) is 1.62. The molecule has 1 saturated carbocycles. The normalized spacial score (nSPS) is 16.5. The average Bonchev–Trinajstić information content (AvgIpc) is 3.19. The molecule has 0 spiro atoms. The van der Waals surface area contributed by atoms with E-state index in [2.05, 4.69) is 20.3 Å². The van der Waals surface area contributed by atoms with Crippen molar-refractivity contribution in [3.63, 3.8) is 0 Å². The van der Waals surface area contributed by atoms with Gasteiger partial charge in [0.15, 0.2) is 5.82 Å². The number of hydrogen-bond acceptors (Lipinski definition) is 5. The van der Waals surface area contributed by atoms with E-state index >= 15 is 0 Å².